The van der Waals surface area contributed by atoms with Gasteiger partial charge >= 0.3 is 17.9 Å². The van der Waals surface area contributed by atoms with Crippen LogP contribution in [0, 0.1) is 26.7 Å². The first-order valence-corrected chi connectivity index (χ1v) is 32.3. The smallest absolute Gasteiger partial charge is 0.320 e. The maximum Gasteiger partial charge on any atom is 0.320 e. The molecule has 484 valence electrons. The molecule has 2 heterocycles. The van der Waals surface area contributed by atoms with Crippen molar-refractivity contribution in [3.63, 3.8) is 0 Å². The Morgan fingerprint density at radius 3 is 1.59 bits per heavy atom. The molecule has 0 bridgehead atoms. The van der Waals surface area contributed by atoms with E-state index in [0.717, 1.165) is 29.7 Å². The van der Waals surface area contributed by atoms with Crippen molar-refractivity contribution >= 4 is 51.6 Å². The summed E-state index contributed by atoms with van der Waals surface area (Å²) in [5.74, 6) is -0.652. The fourth-order valence-corrected chi connectivity index (χ4v) is 12.6. The molecular formula is C62H108N10O12S. The number of carbonyl (C=O) groups excluding carboxylic acids is 6. The van der Waals surface area contributed by atoms with Crippen molar-refractivity contribution in [3.05, 3.63) is 22.3 Å². The first kappa shape index (κ1) is 72.4. The number of benzene rings is 1. The average molecular weight is 1220 g/mol. The number of fused-ring (bicyclic) bond motifs is 1. The molecule has 1 saturated heterocycles. The summed E-state index contributed by atoms with van der Waals surface area (Å²) in [7, 11) is 0.936. The lowest BCUT2D eigenvalue weighted by molar-refractivity contribution is -0.158. The Morgan fingerprint density at radius 1 is 0.659 bits per heavy atom. The molecular weight excluding hydrogens is 1110 g/mol. The molecule has 1 aliphatic carbocycles. The number of guanidine groups is 1. The molecule has 0 spiro atoms. The van der Waals surface area contributed by atoms with Crippen molar-refractivity contribution in [1.82, 2.24) is 44.8 Å². The molecule has 3 N–H and O–H groups in total. The third kappa shape index (κ3) is 26.0. The zero-order chi connectivity index (χ0) is 63.7. The van der Waals surface area contributed by atoms with Gasteiger partial charge in [0.15, 0.2) is 0 Å². The number of unbranched alkanes of at least 4 members (excludes halogenated alkanes) is 1. The normalized spacial score (nSPS) is 18.0. The number of hydrogen-bond acceptors (Lipinski definition) is 17. The maximum atomic E-state index is 14.5. The van der Waals surface area contributed by atoms with E-state index in [1.807, 2.05) is 68.1 Å². The fourth-order valence-electron chi connectivity index (χ4n) is 10.9. The minimum atomic E-state index is -4.14. The van der Waals surface area contributed by atoms with Gasteiger partial charge in [-0.1, -0.05) is 19.3 Å². The zero-order valence-electron chi connectivity index (χ0n) is 55.0. The van der Waals surface area contributed by atoms with Gasteiger partial charge < -0.3 is 39.4 Å². The second kappa shape index (κ2) is 32.2. The van der Waals surface area contributed by atoms with Crippen molar-refractivity contribution in [2.45, 2.75) is 201 Å². The van der Waals surface area contributed by atoms with Crippen LogP contribution in [0.2, 0.25) is 0 Å². The molecule has 4 rings (SSSR count). The molecule has 3 amide bonds. The molecule has 85 heavy (non-hydrogen) atoms. The highest BCUT2D eigenvalue weighted by molar-refractivity contribution is 7.90. The maximum absolute atomic E-state index is 14.5. The first-order valence-electron chi connectivity index (χ1n) is 30.8. The minimum absolute atomic E-state index is 0.00116. The van der Waals surface area contributed by atoms with Gasteiger partial charge in [0, 0.05) is 112 Å². The number of aliphatic imine (C=N–C) groups is 1. The standard InChI is InChI=1S/C62H108N10O12S/c1-44-45(2)56(46(3)48-38-62(13,14)84-55(44)48)85(79,80)66-58(67(15)16)63-28-23-26-49(57(78)68(17)29-22-21-27-50(73)64-39-47-24-19-18-20-25-47)65-51(74)40-69-30-32-70(41-52(75)81-59(4,5)6)34-36-72(43-54(77)83-61(10,11)12)37-35-71(33-31-69)42-53(76)82-60(7,8)9/h47,49H,18-43H2,1-17H3,(H,63,66)(H,64,73)(H,65,74)/t49-/m0/s1. The van der Waals surface area contributed by atoms with Gasteiger partial charge in [0.05, 0.1) is 31.1 Å². The molecule has 0 unspecified atom stereocenters. The van der Waals surface area contributed by atoms with Crippen LogP contribution < -0.4 is 20.1 Å². The molecule has 0 radical (unpaired) electrons. The molecule has 22 nitrogen and oxygen atoms in total. The van der Waals surface area contributed by atoms with E-state index in [1.54, 1.807) is 79.4 Å². The summed E-state index contributed by atoms with van der Waals surface area (Å²) in [6.45, 7) is 29.3. The highest BCUT2D eigenvalue weighted by Gasteiger charge is 2.37. The highest BCUT2D eigenvalue weighted by atomic mass is 32.2. The van der Waals surface area contributed by atoms with E-state index in [1.165, 1.54) is 19.3 Å². The molecule has 3 aliphatic rings. The lowest BCUT2D eigenvalue weighted by atomic mass is 9.89. The van der Waals surface area contributed by atoms with E-state index >= 15 is 0 Å². The molecule has 1 saturated carbocycles. The van der Waals surface area contributed by atoms with E-state index < -0.39 is 62.3 Å². The summed E-state index contributed by atoms with van der Waals surface area (Å²) in [6.07, 6.45) is 8.42. The molecule has 1 aromatic rings. The van der Waals surface area contributed by atoms with Crippen LogP contribution in [-0.2, 0) is 59.4 Å². The molecule has 2 fully saturated rings. The quantitative estimate of drug-likeness (QED) is 0.0411. The van der Waals surface area contributed by atoms with Crippen LogP contribution in [0.4, 0.5) is 0 Å². The van der Waals surface area contributed by atoms with Crippen molar-refractivity contribution in [3.8, 4) is 5.75 Å². The summed E-state index contributed by atoms with van der Waals surface area (Å²) < 4.78 is 54.8. The number of hydrogen-bond donors (Lipinski definition) is 3. The Labute approximate surface area is 509 Å². The number of carbonyl (C=O) groups is 6. The Kier molecular flexibility index (Phi) is 27.4. The van der Waals surface area contributed by atoms with E-state index in [4.69, 9.17) is 23.9 Å². The monoisotopic (exact) mass is 1220 g/mol. The molecule has 1 atom stereocenters. The first-order chi connectivity index (χ1) is 39.4. The van der Waals surface area contributed by atoms with E-state index in [2.05, 4.69) is 15.4 Å². The molecule has 1 aromatic carbocycles. The van der Waals surface area contributed by atoms with Gasteiger partial charge in [0.2, 0.25) is 23.7 Å². The van der Waals surface area contributed by atoms with Gasteiger partial charge in [-0.3, -0.25) is 53.4 Å². The second-order valence-corrected chi connectivity index (χ2v) is 29.0. The van der Waals surface area contributed by atoms with Crippen LogP contribution in [-0.4, -0.2) is 227 Å². The predicted molar refractivity (Wildman–Crippen MR) is 331 cm³/mol. The molecule has 0 aromatic heterocycles. The zero-order valence-corrected chi connectivity index (χ0v) is 55.8. The Balaban J connectivity index is 1.58. The Bertz CT molecular complexity index is 2520. The number of ether oxygens (including phenoxy) is 4. The third-order valence-corrected chi connectivity index (χ3v) is 16.8. The highest BCUT2D eigenvalue weighted by Crippen LogP contribution is 2.43. The van der Waals surface area contributed by atoms with Crippen LogP contribution in [0.3, 0.4) is 0 Å². The van der Waals surface area contributed by atoms with Gasteiger partial charge in [0.1, 0.15) is 34.2 Å². The van der Waals surface area contributed by atoms with E-state index in [-0.39, 0.29) is 61.8 Å². The van der Waals surface area contributed by atoms with E-state index in [9.17, 15) is 37.2 Å². The van der Waals surface area contributed by atoms with Gasteiger partial charge in [-0.15, -0.1) is 0 Å². The number of nitrogens with one attached hydrogen (secondary N) is 3. The third-order valence-electron chi connectivity index (χ3n) is 15.2. The van der Waals surface area contributed by atoms with Crippen LogP contribution in [0.1, 0.15) is 163 Å². The Morgan fingerprint density at radius 2 is 1.13 bits per heavy atom. The van der Waals surface area contributed by atoms with Gasteiger partial charge in [-0.2, -0.15) is 0 Å². The van der Waals surface area contributed by atoms with E-state index in [0.29, 0.717) is 115 Å². The SMILES string of the molecule is Cc1c(C)c(S(=O)(=O)NC(=NCCC[C@H](NC(=O)CN2CCN(CC(=O)OC(C)(C)C)CCN(CC(=O)OC(C)(C)C)CCN(CC(=O)OC(C)(C)C)CC2)C(=O)N(C)CCCCC(=O)NCC2CCCCC2)N(C)C)c(C)c2c1OC(C)(C)C2. The Hall–Kier alpha value is -5.10. The number of amides is 3. The fraction of sp³-hybridized carbons (Fsp3) is 0.790. The lowest BCUT2D eigenvalue weighted by Crippen LogP contribution is -2.52. The molecule has 23 heteroatoms. The molecule has 2 aliphatic heterocycles. The predicted octanol–water partition coefficient (Wildman–Crippen LogP) is 5.36. The number of nitrogens with zero attached hydrogens (tertiary/aromatic N) is 7. The number of rotatable bonds is 23. The van der Waals surface area contributed by atoms with Crippen molar-refractivity contribution in [1.29, 1.82) is 0 Å². The number of esters is 3. The van der Waals surface area contributed by atoms with Crippen molar-refractivity contribution in [2.75, 3.05) is 119 Å². The number of likely N-dealkylation sites (N-methyl/N-ethyl adjacent to an activating group) is 1. The van der Waals surface area contributed by atoms with Crippen LogP contribution in [0.15, 0.2) is 9.89 Å². The van der Waals surface area contributed by atoms with Crippen molar-refractivity contribution < 1.29 is 56.1 Å². The van der Waals surface area contributed by atoms with Crippen LogP contribution in [0.25, 0.3) is 0 Å². The summed E-state index contributed by atoms with van der Waals surface area (Å²) >= 11 is 0. The lowest BCUT2D eigenvalue weighted by Gasteiger charge is -2.34. The summed E-state index contributed by atoms with van der Waals surface area (Å²) in [5.41, 5.74) is 0.210. The minimum Gasteiger partial charge on any atom is -0.487 e. The summed E-state index contributed by atoms with van der Waals surface area (Å²) in [6, 6.07) is -0.993. The number of sulfonamides is 1. The second-order valence-electron chi connectivity index (χ2n) is 27.4. The van der Waals surface area contributed by atoms with Gasteiger partial charge in [-0.25, -0.2) is 13.1 Å². The van der Waals surface area contributed by atoms with Crippen LogP contribution in [0.5, 0.6) is 5.75 Å². The average Bonchev–Trinajstić information content (AvgIpc) is 3.19. The van der Waals surface area contributed by atoms with Crippen LogP contribution >= 0.6 is 0 Å². The summed E-state index contributed by atoms with van der Waals surface area (Å²) in [5, 5.41) is 6.14. The van der Waals surface area contributed by atoms with Gasteiger partial charge in [-0.05, 0) is 158 Å². The van der Waals surface area contributed by atoms with Gasteiger partial charge in [0.25, 0.3) is 10.0 Å². The largest absolute Gasteiger partial charge is 0.487 e. The summed E-state index contributed by atoms with van der Waals surface area (Å²) in [4.78, 5) is 97.6. The van der Waals surface area contributed by atoms with Crippen molar-refractivity contribution in [2.24, 2.45) is 10.9 Å². The topological polar surface area (TPSA) is 241 Å².